The standard InChI is InChI=1S/C22H31NO4/c1-2-12-25-20-10-9-17(19-15-22(27-23-19)11-13-24-16-22)14-21(20)26-18-7-5-3-4-6-8-18/h9-10,14-15,18,23H,2-8,11-13,16H2,1H3. The highest BCUT2D eigenvalue weighted by Crippen LogP contribution is 2.37. The van der Waals surface area contributed by atoms with Gasteiger partial charge in [-0.3, -0.25) is 10.3 Å². The molecule has 0 amide bonds. The zero-order valence-electron chi connectivity index (χ0n) is 16.3. The molecule has 1 saturated heterocycles. The van der Waals surface area contributed by atoms with Crippen LogP contribution in [0.5, 0.6) is 11.5 Å². The van der Waals surface area contributed by atoms with Crippen LogP contribution in [0, 0.1) is 0 Å². The summed E-state index contributed by atoms with van der Waals surface area (Å²) in [6.45, 7) is 4.16. The molecule has 4 rings (SSSR count). The summed E-state index contributed by atoms with van der Waals surface area (Å²) >= 11 is 0. The molecule has 5 nitrogen and oxygen atoms in total. The van der Waals surface area contributed by atoms with Crippen molar-refractivity contribution in [1.82, 2.24) is 5.48 Å². The van der Waals surface area contributed by atoms with Crippen molar-refractivity contribution < 1.29 is 19.0 Å². The summed E-state index contributed by atoms with van der Waals surface area (Å²) in [5.41, 5.74) is 4.81. The minimum absolute atomic E-state index is 0.281. The lowest BCUT2D eigenvalue weighted by molar-refractivity contribution is -0.0373. The number of hydrogen-bond donors (Lipinski definition) is 1. The van der Waals surface area contributed by atoms with Crippen LogP contribution in [0.4, 0.5) is 0 Å². The Bertz CT molecular complexity index is 658. The summed E-state index contributed by atoms with van der Waals surface area (Å²) in [5.74, 6) is 1.68. The maximum absolute atomic E-state index is 6.44. The zero-order valence-corrected chi connectivity index (χ0v) is 16.3. The van der Waals surface area contributed by atoms with Gasteiger partial charge in [-0.25, -0.2) is 0 Å². The summed E-state index contributed by atoms with van der Waals surface area (Å²) < 4.78 is 17.9. The topological polar surface area (TPSA) is 49.0 Å². The third-order valence-electron chi connectivity index (χ3n) is 5.60. The Balaban J connectivity index is 1.56. The number of rotatable bonds is 6. The van der Waals surface area contributed by atoms with E-state index in [9.17, 15) is 0 Å². The van der Waals surface area contributed by atoms with E-state index in [2.05, 4.69) is 30.6 Å². The predicted molar refractivity (Wildman–Crippen MR) is 105 cm³/mol. The van der Waals surface area contributed by atoms with E-state index < -0.39 is 0 Å². The van der Waals surface area contributed by atoms with Gasteiger partial charge < -0.3 is 14.2 Å². The molecule has 1 aromatic carbocycles. The van der Waals surface area contributed by atoms with Crippen LogP contribution < -0.4 is 15.0 Å². The Morgan fingerprint density at radius 1 is 1.15 bits per heavy atom. The molecule has 1 aromatic rings. The van der Waals surface area contributed by atoms with Gasteiger partial charge in [-0.1, -0.05) is 19.8 Å². The maximum Gasteiger partial charge on any atom is 0.162 e. The Morgan fingerprint density at radius 2 is 2.00 bits per heavy atom. The minimum Gasteiger partial charge on any atom is -0.490 e. The number of nitrogens with one attached hydrogen (secondary N) is 1. The molecule has 1 aliphatic carbocycles. The monoisotopic (exact) mass is 373 g/mol. The first-order chi connectivity index (χ1) is 13.3. The van der Waals surface area contributed by atoms with Gasteiger partial charge in [0.2, 0.25) is 0 Å². The van der Waals surface area contributed by atoms with Crippen molar-refractivity contribution >= 4 is 5.70 Å². The van der Waals surface area contributed by atoms with Gasteiger partial charge in [0, 0.05) is 18.6 Å². The van der Waals surface area contributed by atoms with Crippen molar-refractivity contribution in [3.8, 4) is 11.5 Å². The molecule has 1 unspecified atom stereocenters. The average molecular weight is 373 g/mol. The molecule has 3 aliphatic rings. The van der Waals surface area contributed by atoms with Crippen LogP contribution in [-0.2, 0) is 9.57 Å². The number of ether oxygens (including phenoxy) is 3. The first-order valence-electron chi connectivity index (χ1n) is 10.5. The van der Waals surface area contributed by atoms with Crippen molar-refractivity contribution in [2.24, 2.45) is 0 Å². The van der Waals surface area contributed by atoms with Gasteiger partial charge >= 0.3 is 0 Å². The third-order valence-corrected chi connectivity index (χ3v) is 5.60. The molecule has 148 valence electrons. The molecule has 27 heavy (non-hydrogen) atoms. The highest BCUT2D eigenvalue weighted by atomic mass is 16.7. The Hall–Kier alpha value is -1.72. The average Bonchev–Trinajstić information content (AvgIpc) is 3.25. The molecular weight excluding hydrogens is 342 g/mol. The first kappa shape index (κ1) is 18.6. The molecule has 1 saturated carbocycles. The van der Waals surface area contributed by atoms with Gasteiger partial charge in [-0.05, 0) is 56.4 Å². The lowest BCUT2D eigenvalue weighted by atomic mass is 10.0. The van der Waals surface area contributed by atoms with Gasteiger partial charge in [0.15, 0.2) is 11.5 Å². The van der Waals surface area contributed by atoms with Crippen molar-refractivity contribution in [1.29, 1.82) is 0 Å². The molecule has 0 radical (unpaired) electrons. The van der Waals surface area contributed by atoms with Crippen LogP contribution in [0.25, 0.3) is 5.70 Å². The van der Waals surface area contributed by atoms with Crippen molar-refractivity contribution in [2.45, 2.75) is 70.0 Å². The second-order valence-electron chi connectivity index (χ2n) is 7.87. The molecule has 0 bridgehead atoms. The fourth-order valence-electron chi connectivity index (χ4n) is 4.02. The van der Waals surface area contributed by atoms with Crippen LogP contribution in [0.2, 0.25) is 0 Å². The van der Waals surface area contributed by atoms with E-state index >= 15 is 0 Å². The van der Waals surface area contributed by atoms with E-state index in [1.165, 1.54) is 25.7 Å². The quantitative estimate of drug-likeness (QED) is 0.738. The Labute approximate surface area is 162 Å². The summed E-state index contributed by atoms with van der Waals surface area (Å²) in [6, 6.07) is 6.19. The van der Waals surface area contributed by atoms with Crippen LogP contribution in [-0.4, -0.2) is 31.5 Å². The van der Waals surface area contributed by atoms with E-state index in [1.807, 2.05) is 6.07 Å². The number of benzene rings is 1. The molecule has 1 atom stereocenters. The predicted octanol–water partition coefficient (Wildman–Crippen LogP) is 4.61. The second-order valence-corrected chi connectivity index (χ2v) is 7.87. The van der Waals surface area contributed by atoms with E-state index in [0.717, 1.165) is 55.0 Å². The normalized spacial score (nSPS) is 25.9. The number of hydroxylamine groups is 1. The van der Waals surface area contributed by atoms with E-state index in [1.54, 1.807) is 0 Å². The van der Waals surface area contributed by atoms with Crippen molar-refractivity contribution in [2.75, 3.05) is 19.8 Å². The lowest BCUT2D eigenvalue weighted by Gasteiger charge is -2.20. The third kappa shape index (κ3) is 4.41. The molecule has 1 spiro atoms. The van der Waals surface area contributed by atoms with Crippen LogP contribution >= 0.6 is 0 Å². The highest BCUT2D eigenvalue weighted by molar-refractivity contribution is 5.68. The van der Waals surface area contributed by atoms with Crippen molar-refractivity contribution in [3.63, 3.8) is 0 Å². The van der Waals surface area contributed by atoms with Crippen LogP contribution in [0.3, 0.4) is 0 Å². The SMILES string of the molecule is CCCOc1ccc(C2=CC3(CCOC3)ON2)cc1OC1CCCCCC1. The largest absolute Gasteiger partial charge is 0.490 e. The fraction of sp³-hybridized carbons (Fsp3) is 0.636. The smallest absolute Gasteiger partial charge is 0.162 e. The first-order valence-corrected chi connectivity index (χ1v) is 10.5. The fourth-order valence-corrected chi connectivity index (χ4v) is 4.02. The van der Waals surface area contributed by atoms with Gasteiger partial charge in [0.25, 0.3) is 0 Å². The summed E-state index contributed by atoms with van der Waals surface area (Å²) in [7, 11) is 0. The zero-order chi connectivity index (χ0) is 18.5. The van der Waals surface area contributed by atoms with Crippen LogP contribution in [0.15, 0.2) is 24.3 Å². The maximum atomic E-state index is 6.44. The van der Waals surface area contributed by atoms with Crippen molar-refractivity contribution in [3.05, 3.63) is 29.8 Å². The summed E-state index contributed by atoms with van der Waals surface area (Å²) in [4.78, 5) is 5.83. The van der Waals surface area contributed by atoms with Gasteiger partial charge in [0.1, 0.15) is 5.60 Å². The second kappa shape index (κ2) is 8.53. The number of hydrogen-bond acceptors (Lipinski definition) is 5. The van der Waals surface area contributed by atoms with Gasteiger partial charge in [0.05, 0.1) is 25.0 Å². The van der Waals surface area contributed by atoms with E-state index in [4.69, 9.17) is 19.0 Å². The van der Waals surface area contributed by atoms with Gasteiger partial charge in [-0.2, -0.15) is 0 Å². The summed E-state index contributed by atoms with van der Waals surface area (Å²) in [5, 5.41) is 0. The Morgan fingerprint density at radius 3 is 2.74 bits per heavy atom. The molecule has 5 heteroatoms. The van der Waals surface area contributed by atoms with E-state index in [0.29, 0.717) is 13.2 Å². The molecule has 2 aliphatic heterocycles. The summed E-state index contributed by atoms with van der Waals surface area (Å²) in [6.07, 6.45) is 11.7. The molecule has 2 heterocycles. The van der Waals surface area contributed by atoms with E-state index in [-0.39, 0.29) is 11.7 Å². The molecule has 0 aromatic heterocycles. The molecule has 1 N–H and O–H groups in total. The van der Waals surface area contributed by atoms with Gasteiger partial charge in [-0.15, -0.1) is 0 Å². The molecular formula is C22H31NO4. The minimum atomic E-state index is -0.324. The lowest BCUT2D eigenvalue weighted by Crippen LogP contribution is -2.29. The highest BCUT2D eigenvalue weighted by Gasteiger charge is 2.39. The Kier molecular flexibility index (Phi) is 5.89. The van der Waals surface area contributed by atoms with Crippen LogP contribution in [0.1, 0.15) is 63.9 Å². The molecule has 2 fully saturated rings.